The summed E-state index contributed by atoms with van der Waals surface area (Å²) < 4.78 is 0. The molecule has 0 bridgehead atoms. The summed E-state index contributed by atoms with van der Waals surface area (Å²) in [6, 6.07) is 9.79. The number of likely N-dealkylation sites (tertiary alicyclic amines) is 1. The Morgan fingerprint density at radius 3 is 2.87 bits per heavy atom. The first-order chi connectivity index (χ1) is 11.2. The number of benzene rings is 1. The Hall–Kier alpha value is -2.58. The van der Waals surface area contributed by atoms with Crippen molar-refractivity contribution in [3.63, 3.8) is 0 Å². The van der Waals surface area contributed by atoms with Gasteiger partial charge in [0, 0.05) is 19.6 Å². The summed E-state index contributed by atoms with van der Waals surface area (Å²) in [6.07, 6.45) is 3.97. The van der Waals surface area contributed by atoms with Gasteiger partial charge in [0.1, 0.15) is 11.3 Å². The van der Waals surface area contributed by atoms with Crippen molar-refractivity contribution in [3.8, 4) is 5.69 Å². The number of aromatic nitrogens is 6. The number of nitrogens with zero attached hydrogens (tertiary/aromatic N) is 6. The van der Waals surface area contributed by atoms with E-state index in [1.54, 1.807) is 17.2 Å². The smallest absolute Gasteiger partial charge is 0.124 e. The summed E-state index contributed by atoms with van der Waals surface area (Å²) in [5, 5.41) is 29.8. The Balaban J connectivity index is 1.45. The first-order valence-corrected chi connectivity index (χ1v) is 7.51. The third kappa shape index (κ3) is 2.73. The fourth-order valence-electron chi connectivity index (χ4n) is 2.92. The van der Waals surface area contributed by atoms with E-state index < -0.39 is 5.60 Å². The van der Waals surface area contributed by atoms with E-state index in [-0.39, 0.29) is 0 Å². The monoisotopic (exact) mass is 311 g/mol. The molecule has 1 aliphatic heterocycles. The molecule has 2 N–H and O–H groups in total. The van der Waals surface area contributed by atoms with E-state index in [4.69, 9.17) is 0 Å². The second kappa shape index (κ2) is 5.56. The van der Waals surface area contributed by atoms with E-state index >= 15 is 0 Å². The molecule has 1 fully saturated rings. The van der Waals surface area contributed by atoms with Crippen LogP contribution in [-0.4, -0.2) is 53.5 Å². The molecule has 1 aromatic carbocycles. The lowest BCUT2D eigenvalue weighted by Gasteiger charge is -2.20. The first-order valence-electron chi connectivity index (χ1n) is 7.51. The van der Waals surface area contributed by atoms with Gasteiger partial charge in [0.05, 0.1) is 23.8 Å². The lowest BCUT2D eigenvalue weighted by molar-refractivity contribution is 0.0407. The molecule has 8 nitrogen and oxygen atoms in total. The number of aromatic amines is 1. The van der Waals surface area contributed by atoms with Crippen LogP contribution in [0.2, 0.25) is 0 Å². The lowest BCUT2D eigenvalue weighted by atomic mass is 10.0. The average Bonchev–Trinajstić information content (AvgIpc) is 3.30. The van der Waals surface area contributed by atoms with Crippen LogP contribution in [-0.2, 0) is 12.1 Å². The summed E-state index contributed by atoms with van der Waals surface area (Å²) in [4.78, 5) is 3.77. The molecule has 1 aliphatic rings. The van der Waals surface area contributed by atoms with E-state index in [1.165, 1.54) is 0 Å². The maximum atomic E-state index is 10.7. The highest BCUT2D eigenvalue weighted by molar-refractivity contribution is 5.28. The molecule has 1 saturated heterocycles. The van der Waals surface area contributed by atoms with Gasteiger partial charge in [-0.05, 0) is 18.6 Å². The van der Waals surface area contributed by atoms with Gasteiger partial charge in [-0.15, -0.1) is 0 Å². The maximum Gasteiger partial charge on any atom is 0.124 e. The van der Waals surface area contributed by atoms with Crippen LogP contribution < -0.4 is 0 Å². The third-order valence-corrected chi connectivity index (χ3v) is 4.13. The Bertz CT molecular complexity index is 770. The number of rotatable bonds is 4. The normalized spacial score (nSPS) is 21.8. The van der Waals surface area contributed by atoms with Crippen molar-refractivity contribution >= 4 is 0 Å². The quantitative estimate of drug-likeness (QED) is 0.727. The van der Waals surface area contributed by atoms with Gasteiger partial charge in [-0.1, -0.05) is 18.2 Å². The van der Waals surface area contributed by atoms with Gasteiger partial charge in [-0.25, -0.2) is 0 Å². The van der Waals surface area contributed by atoms with Crippen LogP contribution >= 0.6 is 0 Å². The van der Waals surface area contributed by atoms with Crippen molar-refractivity contribution < 1.29 is 5.11 Å². The van der Waals surface area contributed by atoms with Crippen LogP contribution in [0.5, 0.6) is 0 Å². The molecule has 4 rings (SSSR count). The molecule has 0 spiro atoms. The number of β-amino-alcohol motifs (C(OH)–C–C–N with tert-alkyl or cyclic N) is 1. The molecule has 8 heteroatoms. The van der Waals surface area contributed by atoms with Crippen molar-refractivity contribution in [1.82, 2.24) is 35.3 Å². The summed E-state index contributed by atoms with van der Waals surface area (Å²) in [6.45, 7) is 1.94. The first kappa shape index (κ1) is 14.0. The topological polar surface area (TPSA) is 95.8 Å². The second-order valence-corrected chi connectivity index (χ2v) is 5.81. The summed E-state index contributed by atoms with van der Waals surface area (Å²) in [5.74, 6) is 0. The van der Waals surface area contributed by atoms with Crippen LogP contribution in [0.1, 0.15) is 17.8 Å². The lowest BCUT2D eigenvalue weighted by Crippen LogP contribution is -2.31. The standard InChI is InChI=1S/C15H17N7O/c23-15(14-9-16-20-18-14)6-7-21(11-15)10-12-8-17-22(19-12)13-4-2-1-3-5-13/h1-5,8-9,23H,6-7,10-11H2,(H,16,18,20). The zero-order valence-electron chi connectivity index (χ0n) is 12.5. The number of hydrogen-bond acceptors (Lipinski definition) is 6. The molecule has 3 heterocycles. The molecule has 0 amide bonds. The Morgan fingerprint density at radius 1 is 1.22 bits per heavy atom. The highest BCUT2D eigenvalue weighted by Gasteiger charge is 2.39. The van der Waals surface area contributed by atoms with Crippen LogP contribution in [0.3, 0.4) is 0 Å². The van der Waals surface area contributed by atoms with E-state index in [1.807, 2.05) is 30.3 Å². The number of aliphatic hydroxyl groups is 1. The van der Waals surface area contributed by atoms with Crippen molar-refractivity contribution in [2.75, 3.05) is 13.1 Å². The molecule has 0 saturated carbocycles. The van der Waals surface area contributed by atoms with Crippen LogP contribution in [0, 0.1) is 0 Å². The van der Waals surface area contributed by atoms with E-state index in [0.29, 0.717) is 25.2 Å². The van der Waals surface area contributed by atoms with Crippen LogP contribution in [0.4, 0.5) is 0 Å². The fraction of sp³-hybridized carbons (Fsp3) is 0.333. The van der Waals surface area contributed by atoms with Gasteiger partial charge in [0.2, 0.25) is 0 Å². The maximum absolute atomic E-state index is 10.7. The molecule has 23 heavy (non-hydrogen) atoms. The van der Waals surface area contributed by atoms with Crippen molar-refractivity contribution in [2.45, 2.75) is 18.6 Å². The van der Waals surface area contributed by atoms with Crippen molar-refractivity contribution in [3.05, 3.63) is 54.1 Å². The van der Waals surface area contributed by atoms with E-state index in [0.717, 1.165) is 17.9 Å². The molecule has 1 atom stereocenters. The average molecular weight is 311 g/mol. The van der Waals surface area contributed by atoms with Gasteiger partial charge in [-0.2, -0.15) is 30.4 Å². The molecular formula is C15H17N7O. The van der Waals surface area contributed by atoms with Crippen molar-refractivity contribution in [2.24, 2.45) is 0 Å². The highest BCUT2D eigenvalue weighted by atomic mass is 16.3. The van der Waals surface area contributed by atoms with Gasteiger partial charge in [0.25, 0.3) is 0 Å². The minimum absolute atomic E-state index is 0.512. The largest absolute Gasteiger partial charge is 0.382 e. The van der Waals surface area contributed by atoms with Crippen LogP contribution in [0.25, 0.3) is 5.69 Å². The molecular weight excluding hydrogens is 294 g/mol. The number of hydrogen-bond donors (Lipinski definition) is 2. The second-order valence-electron chi connectivity index (χ2n) is 5.81. The zero-order chi connectivity index (χ0) is 15.7. The fourth-order valence-corrected chi connectivity index (χ4v) is 2.92. The van der Waals surface area contributed by atoms with Crippen LogP contribution in [0.15, 0.2) is 42.7 Å². The molecule has 0 aliphatic carbocycles. The molecule has 3 aromatic rings. The minimum Gasteiger partial charge on any atom is -0.382 e. The minimum atomic E-state index is -0.942. The van der Waals surface area contributed by atoms with Crippen molar-refractivity contribution in [1.29, 1.82) is 0 Å². The zero-order valence-corrected chi connectivity index (χ0v) is 12.5. The van der Waals surface area contributed by atoms with Gasteiger partial charge < -0.3 is 5.11 Å². The third-order valence-electron chi connectivity index (χ3n) is 4.13. The molecule has 1 unspecified atom stereocenters. The number of nitrogens with one attached hydrogen (secondary N) is 1. The predicted octanol–water partition coefficient (Wildman–Crippen LogP) is 0.479. The van der Waals surface area contributed by atoms with Gasteiger partial charge in [-0.3, -0.25) is 4.90 Å². The van der Waals surface area contributed by atoms with E-state index in [2.05, 4.69) is 30.5 Å². The van der Waals surface area contributed by atoms with Gasteiger partial charge >= 0.3 is 0 Å². The van der Waals surface area contributed by atoms with Gasteiger partial charge in [0.15, 0.2) is 0 Å². The Morgan fingerprint density at radius 2 is 2.09 bits per heavy atom. The summed E-state index contributed by atoms with van der Waals surface area (Å²) in [7, 11) is 0. The SMILES string of the molecule is OC1(c2cn[nH]n2)CCN(Cc2cnn(-c3ccccc3)n2)C1. The Labute approximate surface area is 132 Å². The van der Waals surface area contributed by atoms with E-state index in [9.17, 15) is 5.11 Å². The predicted molar refractivity (Wildman–Crippen MR) is 81.5 cm³/mol. The molecule has 0 radical (unpaired) electrons. The summed E-state index contributed by atoms with van der Waals surface area (Å²) >= 11 is 0. The Kier molecular flexibility index (Phi) is 3.40. The summed E-state index contributed by atoms with van der Waals surface area (Å²) in [5.41, 5.74) is 1.45. The molecule has 2 aromatic heterocycles. The highest BCUT2D eigenvalue weighted by Crippen LogP contribution is 2.30. The number of para-hydroxylation sites is 1. The molecule has 118 valence electrons. The number of H-pyrrole nitrogens is 1.